The van der Waals surface area contributed by atoms with Gasteiger partial charge in [0.25, 0.3) is 5.69 Å². The Morgan fingerprint density at radius 1 is 0.967 bits per heavy atom. The predicted molar refractivity (Wildman–Crippen MR) is 109 cm³/mol. The first-order valence-corrected chi connectivity index (χ1v) is 10.8. The van der Waals surface area contributed by atoms with Gasteiger partial charge in [-0.15, -0.1) is 0 Å². The van der Waals surface area contributed by atoms with Crippen LogP contribution in [0.2, 0.25) is 0 Å². The molecule has 1 aromatic carbocycles. The minimum Gasteiger partial charge on any atom is -0.282 e. The van der Waals surface area contributed by atoms with Gasteiger partial charge in [-0.25, -0.2) is 8.42 Å². The van der Waals surface area contributed by atoms with Gasteiger partial charge in [0, 0.05) is 56.4 Å². The molecule has 10 nitrogen and oxygen atoms in total. The molecule has 11 heteroatoms. The molecule has 0 radical (unpaired) electrons. The third-order valence-electron chi connectivity index (χ3n) is 5.04. The van der Waals surface area contributed by atoms with Crippen LogP contribution in [0.15, 0.2) is 66.0 Å². The summed E-state index contributed by atoms with van der Waals surface area (Å²) >= 11 is 0. The van der Waals surface area contributed by atoms with Crippen molar-refractivity contribution >= 4 is 15.7 Å². The van der Waals surface area contributed by atoms with Crippen molar-refractivity contribution in [3.8, 4) is 11.3 Å². The Balaban J connectivity index is 1.45. The van der Waals surface area contributed by atoms with Gasteiger partial charge < -0.3 is 0 Å². The van der Waals surface area contributed by atoms with E-state index in [0.717, 1.165) is 11.3 Å². The molecule has 30 heavy (non-hydrogen) atoms. The Labute approximate surface area is 173 Å². The van der Waals surface area contributed by atoms with Gasteiger partial charge in [-0.3, -0.25) is 24.7 Å². The summed E-state index contributed by atoms with van der Waals surface area (Å²) in [5, 5.41) is 15.6. The lowest BCUT2D eigenvalue weighted by atomic mass is 10.2. The molecule has 0 bridgehead atoms. The molecule has 3 aromatic rings. The van der Waals surface area contributed by atoms with Gasteiger partial charge in [-0.2, -0.15) is 9.40 Å². The SMILES string of the molecule is O=[N+]([O-])c1ccccc1S(=O)(=O)N1CCN(Cn2nccc2-c2ccncc2)CC1. The maximum absolute atomic E-state index is 13.0. The highest BCUT2D eigenvalue weighted by Gasteiger charge is 2.33. The molecule has 3 heterocycles. The van der Waals surface area contributed by atoms with Gasteiger partial charge >= 0.3 is 0 Å². The smallest absolute Gasteiger partial charge is 0.282 e. The number of piperazine rings is 1. The van der Waals surface area contributed by atoms with E-state index in [2.05, 4.69) is 15.0 Å². The van der Waals surface area contributed by atoms with Crippen molar-refractivity contribution in [1.29, 1.82) is 0 Å². The summed E-state index contributed by atoms with van der Waals surface area (Å²) in [6.45, 7) is 2.01. The molecule has 1 saturated heterocycles. The fourth-order valence-corrected chi connectivity index (χ4v) is 5.06. The summed E-state index contributed by atoms with van der Waals surface area (Å²) in [7, 11) is -3.94. The number of hydrogen-bond acceptors (Lipinski definition) is 7. The zero-order valence-corrected chi connectivity index (χ0v) is 16.9. The molecule has 4 rings (SSSR count). The molecule has 1 aliphatic heterocycles. The predicted octanol–water partition coefficient (Wildman–Crippen LogP) is 1.82. The number of rotatable bonds is 6. The van der Waals surface area contributed by atoms with Crippen molar-refractivity contribution in [2.45, 2.75) is 11.6 Å². The fraction of sp³-hybridized carbons (Fsp3) is 0.263. The van der Waals surface area contributed by atoms with Crippen LogP contribution in [0, 0.1) is 10.1 Å². The molecule has 0 N–H and O–H groups in total. The van der Waals surface area contributed by atoms with E-state index in [1.807, 2.05) is 22.9 Å². The molecular weight excluding hydrogens is 408 g/mol. The first kappa shape index (κ1) is 20.1. The standard InChI is InChI=1S/C19H20N6O4S/c26-25(27)18-3-1-2-4-19(18)30(28,29)23-13-11-22(12-14-23)15-24-17(7-10-21-24)16-5-8-20-9-6-16/h1-10H,11-15H2. The number of nitro benzene ring substituents is 1. The van der Waals surface area contributed by atoms with Crippen molar-refractivity contribution < 1.29 is 13.3 Å². The molecule has 0 spiro atoms. The Kier molecular flexibility index (Phi) is 5.57. The molecule has 1 fully saturated rings. The summed E-state index contributed by atoms with van der Waals surface area (Å²) in [5.74, 6) is 0. The molecule has 0 amide bonds. The molecule has 2 aromatic heterocycles. The van der Waals surface area contributed by atoms with Crippen LogP contribution in [0.5, 0.6) is 0 Å². The van der Waals surface area contributed by atoms with Crippen molar-refractivity contribution in [2.24, 2.45) is 0 Å². The highest BCUT2D eigenvalue weighted by atomic mass is 32.2. The average Bonchev–Trinajstić information content (AvgIpc) is 3.23. The van der Waals surface area contributed by atoms with Gasteiger partial charge in [0.15, 0.2) is 4.90 Å². The van der Waals surface area contributed by atoms with E-state index in [4.69, 9.17) is 0 Å². The number of aromatic nitrogens is 3. The Bertz CT molecular complexity index is 1140. The van der Waals surface area contributed by atoms with Crippen molar-refractivity contribution in [3.63, 3.8) is 0 Å². The average molecular weight is 428 g/mol. The van der Waals surface area contributed by atoms with Crippen LogP contribution in [0.1, 0.15) is 0 Å². The molecular formula is C19H20N6O4S. The minimum atomic E-state index is -3.94. The summed E-state index contributed by atoms with van der Waals surface area (Å²) in [4.78, 5) is 16.4. The first-order chi connectivity index (χ1) is 14.5. The Morgan fingerprint density at radius 2 is 1.67 bits per heavy atom. The van der Waals surface area contributed by atoms with Crippen molar-refractivity contribution in [3.05, 3.63) is 71.2 Å². The topological polar surface area (TPSA) is 114 Å². The zero-order valence-electron chi connectivity index (χ0n) is 16.0. The molecule has 0 unspecified atom stereocenters. The van der Waals surface area contributed by atoms with Crippen LogP contribution < -0.4 is 0 Å². The second-order valence-electron chi connectivity index (χ2n) is 6.84. The van der Waals surface area contributed by atoms with Crippen LogP contribution >= 0.6 is 0 Å². The molecule has 0 aliphatic carbocycles. The van der Waals surface area contributed by atoms with E-state index in [0.29, 0.717) is 19.8 Å². The van der Waals surface area contributed by atoms with Crippen molar-refractivity contribution in [2.75, 3.05) is 26.2 Å². The number of benzene rings is 1. The van der Waals surface area contributed by atoms with E-state index in [1.54, 1.807) is 18.6 Å². The number of nitro groups is 1. The van der Waals surface area contributed by atoms with Crippen LogP contribution in [0.25, 0.3) is 11.3 Å². The third kappa shape index (κ3) is 3.95. The van der Waals surface area contributed by atoms with E-state index < -0.39 is 20.6 Å². The maximum atomic E-state index is 13.0. The van der Waals surface area contributed by atoms with Gasteiger partial charge in [0.2, 0.25) is 10.0 Å². The van der Waals surface area contributed by atoms with Crippen LogP contribution in [0.4, 0.5) is 5.69 Å². The lowest BCUT2D eigenvalue weighted by Crippen LogP contribution is -2.49. The Hall–Kier alpha value is -3.15. The van der Waals surface area contributed by atoms with Crippen LogP contribution in [-0.4, -0.2) is 63.5 Å². The highest BCUT2D eigenvalue weighted by Crippen LogP contribution is 2.27. The zero-order chi connectivity index (χ0) is 21.1. The second kappa shape index (κ2) is 8.30. The summed E-state index contributed by atoms with van der Waals surface area (Å²) in [6.07, 6.45) is 5.17. The number of hydrogen-bond donors (Lipinski definition) is 0. The quantitative estimate of drug-likeness (QED) is 0.434. The normalized spacial score (nSPS) is 15.9. The van der Waals surface area contributed by atoms with Gasteiger partial charge in [-0.1, -0.05) is 12.1 Å². The minimum absolute atomic E-state index is 0.250. The van der Waals surface area contributed by atoms with Gasteiger partial charge in [-0.05, 0) is 24.3 Å². The maximum Gasteiger partial charge on any atom is 0.289 e. The van der Waals surface area contributed by atoms with Crippen LogP contribution in [0.3, 0.4) is 0 Å². The van der Waals surface area contributed by atoms with E-state index in [-0.39, 0.29) is 18.0 Å². The Morgan fingerprint density at radius 3 is 2.37 bits per heavy atom. The fourth-order valence-electron chi connectivity index (χ4n) is 3.48. The van der Waals surface area contributed by atoms with Gasteiger partial charge in [0.1, 0.15) is 0 Å². The summed E-state index contributed by atoms with van der Waals surface area (Å²) < 4.78 is 29.1. The molecule has 156 valence electrons. The van der Waals surface area contributed by atoms with Crippen molar-refractivity contribution in [1.82, 2.24) is 24.0 Å². The number of pyridine rings is 1. The molecule has 0 saturated carbocycles. The number of nitrogens with zero attached hydrogens (tertiary/aromatic N) is 6. The second-order valence-corrected chi connectivity index (χ2v) is 8.75. The molecule has 1 aliphatic rings. The van der Waals surface area contributed by atoms with Crippen LogP contribution in [-0.2, 0) is 16.7 Å². The largest absolute Gasteiger partial charge is 0.289 e. The highest BCUT2D eigenvalue weighted by molar-refractivity contribution is 7.89. The van der Waals surface area contributed by atoms with Gasteiger partial charge in [0.05, 0.1) is 17.3 Å². The monoisotopic (exact) mass is 428 g/mol. The van der Waals surface area contributed by atoms with E-state index in [9.17, 15) is 18.5 Å². The lowest BCUT2D eigenvalue weighted by Gasteiger charge is -2.33. The van der Waals surface area contributed by atoms with E-state index >= 15 is 0 Å². The molecule has 0 atom stereocenters. The first-order valence-electron chi connectivity index (χ1n) is 9.35. The third-order valence-corrected chi connectivity index (χ3v) is 6.98. The van der Waals surface area contributed by atoms with E-state index in [1.165, 1.54) is 28.6 Å². The lowest BCUT2D eigenvalue weighted by molar-refractivity contribution is -0.387. The number of para-hydroxylation sites is 1. The number of sulfonamides is 1. The summed E-state index contributed by atoms with van der Waals surface area (Å²) in [5.41, 5.74) is 1.55. The summed E-state index contributed by atoms with van der Waals surface area (Å²) in [6, 6.07) is 11.2.